The number of carbonyl (C=O) groups is 2. The molecular formula is C13H22N4O3S. The summed E-state index contributed by atoms with van der Waals surface area (Å²) in [6, 6.07) is 0.251. The van der Waals surface area contributed by atoms with Crippen LogP contribution in [-0.4, -0.2) is 44.0 Å². The molecule has 1 amide bonds. The quantitative estimate of drug-likeness (QED) is 0.672. The number of carboxylic acids is 1. The van der Waals surface area contributed by atoms with Crippen LogP contribution in [0, 0.1) is 5.92 Å². The standard InChI is InChI=1S/C13H22N4O3S/c1-9(2)17-8-15-16-13(17)21-7-11(18)14-6-10(3)4-5-12(19)20/h8-10H,4-7H2,1-3H3,(H,14,18)(H,19,20). The van der Waals surface area contributed by atoms with Gasteiger partial charge in [0.05, 0.1) is 5.75 Å². The smallest absolute Gasteiger partial charge is 0.303 e. The van der Waals surface area contributed by atoms with E-state index < -0.39 is 5.97 Å². The highest BCUT2D eigenvalue weighted by Gasteiger charge is 2.11. The summed E-state index contributed by atoms with van der Waals surface area (Å²) < 4.78 is 1.91. The van der Waals surface area contributed by atoms with Crippen molar-refractivity contribution in [3.05, 3.63) is 6.33 Å². The second kappa shape index (κ2) is 8.66. The van der Waals surface area contributed by atoms with Crippen molar-refractivity contribution in [2.75, 3.05) is 12.3 Å². The molecule has 7 nitrogen and oxygen atoms in total. The Morgan fingerprint density at radius 1 is 1.43 bits per heavy atom. The molecule has 0 aromatic carbocycles. The second-order valence-corrected chi connectivity index (χ2v) is 6.19. The van der Waals surface area contributed by atoms with E-state index in [-0.39, 0.29) is 30.0 Å². The van der Waals surface area contributed by atoms with E-state index in [2.05, 4.69) is 15.5 Å². The first-order valence-corrected chi connectivity index (χ1v) is 7.89. The first kappa shape index (κ1) is 17.5. The van der Waals surface area contributed by atoms with Crippen molar-refractivity contribution in [2.45, 2.75) is 44.8 Å². The van der Waals surface area contributed by atoms with Crippen LogP contribution in [0.1, 0.15) is 39.7 Å². The fourth-order valence-corrected chi connectivity index (χ4v) is 2.50. The van der Waals surface area contributed by atoms with Crippen molar-refractivity contribution in [3.8, 4) is 0 Å². The van der Waals surface area contributed by atoms with Crippen LogP contribution in [0.4, 0.5) is 0 Å². The van der Waals surface area contributed by atoms with Gasteiger partial charge in [-0.25, -0.2) is 0 Å². The van der Waals surface area contributed by atoms with Gasteiger partial charge in [0.1, 0.15) is 6.33 Å². The van der Waals surface area contributed by atoms with Crippen LogP contribution in [0.25, 0.3) is 0 Å². The van der Waals surface area contributed by atoms with Crippen molar-refractivity contribution < 1.29 is 14.7 Å². The third kappa shape index (κ3) is 6.61. The van der Waals surface area contributed by atoms with E-state index in [9.17, 15) is 9.59 Å². The molecule has 8 heteroatoms. The Hall–Kier alpha value is -1.57. The molecule has 1 rings (SSSR count). The van der Waals surface area contributed by atoms with Gasteiger partial charge in [-0.2, -0.15) is 0 Å². The zero-order chi connectivity index (χ0) is 15.8. The van der Waals surface area contributed by atoms with E-state index in [1.807, 2.05) is 25.3 Å². The highest BCUT2D eigenvalue weighted by atomic mass is 32.2. The number of amides is 1. The van der Waals surface area contributed by atoms with Crippen LogP contribution in [0.15, 0.2) is 11.5 Å². The monoisotopic (exact) mass is 314 g/mol. The topological polar surface area (TPSA) is 97.1 Å². The molecule has 1 atom stereocenters. The number of thioether (sulfide) groups is 1. The highest BCUT2D eigenvalue weighted by molar-refractivity contribution is 7.99. The zero-order valence-electron chi connectivity index (χ0n) is 12.6. The van der Waals surface area contributed by atoms with E-state index in [0.717, 1.165) is 5.16 Å². The summed E-state index contributed by atoms with van der Waals surface area (Å²) in [6.07, 6.45) is 2.34. The first-order chi connectivity index (χ1) is 9.90. The van der Waals surface area contributed by atoms with E-state index in [1.165, 1.54) is 11.8 Å². The molecule has 2 N–H and O–H groups in total. The van der Waals surface area contributed by atoms with Gasteiger partial charge in [-0.3, -0.25) is 9.59 Å². The third-order valence-corrected chi connectivity index (χ3v) is 3.88. The lowest BCUT2D eigenvalue weighted by molar-refractivity contribution is -0.137. The Balaban J connectivity index is 2.28. The Kier molecular flexibility index (Phi) is 7.21. The number of carboxylic acid groups (broad SMARTS) is 1. The number of nitrogens with one attached hydrogen (secondary N) is 1. The molecule has 1 aromatic heterocycles. The number of hydrogen-bond acceptors (Lipinski definition) is 5. The van der Waals surface area contributed by atoms with Gasteiger partial charge in [-0.15, -0.1) is 10.2 Å². The lowest BCUT2D eigenvalue weighted by Crippen LogP contribution is -2.30. The van der Waals surface area contributed by atoms with Crippen LogP contribution in [0.2, 0.25) is 0 Å². The lowest BCUT2D eigenvalue weighted by atomic mass is 10.1. The minimum Gasteiger partial charge on any atom is -0.481 e. The van der Waals surface area contributed by atoms with Crippen LogP contribution in [0.3, 0.4) is 0 Å². The number of hydrogen-bond donors (Lipinski definition) is 2. The number of rotatable bonds is 9. The maximum atomic E-state index is 11.8. The van der Waals surface area contributed by atoms with Gasteiger partial charge < -0.3 is 15.0 Å². The van der Waals surface area contributed by atoms with Gasteiger partial charge in [-0.1, -0.05) is 18.7 Å². The van der Waals surface area contributed by atoms with Crippen molar-refractivity contribution in [1.82, 2.24) is 20.1 Å². The molecule has 0 spiro atoms. The molecule has 0 bridgehead atoms. The van der Waals surface area contributed by atoms with Crippen LogP contribution >= 0.6 is 11.8 Å². The Bertz CT molecular complexity index is 476. The minimum atomic E-state index is -0.809. The second-order valence-electron chi connectivity index (χ2n) is 5.24. The number of aliphatic carboxylic acids is 1. The van der Waals surface area contributed by atoms with Crippen molar-refractivity contribution in [2.24, 2.45) is 5.92 Å². The average molecular weight is 314 g/mol. The predicted octanol–water partition coefficient (Wildman–Crippen LogP) is 1.57. The fraction of sp³-hybridized carbons (Fsp3) is 0.692. The van der Waals surface area contributed by atoms with Crippen molar-refractivity contribution in [3.63, 3.8) is 0 Å². The maximum Gasteiger partial charge on any atom is 0.303 e. The molecule has 21 heavy (non-hydrogen) atoms. The molecule has 0 aliphatic heterocycles. The number of nitrogens with zero attached hydrogens (tertiary/aromatic N) is 3. The summed E-state index contributed by atoms with van der Waals surface area (Å²) in [5.41, 5.74) is 0. The molecule has 0 aliphatic carbocycles. The van der Waals surface area contributed by atoms with E-state index >= 15 is 0 Å². The van der Waals surface area contributed by atoms with Crippen LogP contribution < -0.4 is 5.32 Å². The number of carbonyl (C=O) groups excluding carboxylic acids is 1. The first-order valence-electron chi connectivity index (χ1n) is 6.91. The number of aromatic nitrogens is 3. The Morgan fingerprint density at radius 2 is 2.14 bits per heavy atom. The molecule has 0 saturated carbocycles. The largest absolute Gasteiger partial charge is 0.481 e. The van der Waals surface area contributed by atoms with Crippen molar-refractivity contribution >= 4 is 23.6 Å². The third-order valence-electron chi connectivity index (χ3n) is 2.93. The molecule has 1 aromatic rings. The Labute approximate surface area is 128 Å². The average Bonchev–Trinajstić information content (AvgIpc) is 2.89. The normalized spacial score (nSPS) is 12.4. The van der Waals surface area contributed by atoms with Gasteiger partial charge in [0.15, 0.2) is 5.16 Å². The molecule has 1 heterocycles. The summed E-state index contributed by atoms with van der Waals surface area (Å²) in [4.78, 5) is 22.2. The summed E-state index contributed by atoms with van der Waals surface area (Å²) in [6.45, 7) is 6.46. The molecule has 0 aliphatic rings. The molecule has 0 fully saturated rings. The van der Waals surface area contributed by atoms with Gasteiger partial charge in [0.2, 0.25) is 5.91 Å². The summed E-state index contributed by atoms with van der Waals surface area (Å²) in [7, 11) is 0. The fourth-order valence-electron chi connectivity index (χ4n) is 1.63. The van der Waals surface area contributed by atoms with Gasteiger partial charge in [0.25, 0.3) is 0 Å². The lowest BCUT2D eigenvalue weighted by Gasteiger charge is -2.12. The summed E-state index contributed by atoms with van der Waals surface area (Å²) >= 11 is 1.34. The Morgan fingerprint density at radius 3 is 2.76 bits per heavy atom. The minimum absolute atomic E-state index is 0.0829. The van der Waals surface area contributed by atoms with Crippen molar-refractivity contribution in [1.29, 1.82) is 0 Å². The van der Waals surface area contributed by atoms with Crippen LogP contribution in [0.5, 0.6) is 0 Å². The summed E-state index contributed by atoms with van der Waals surface area (Å²) in [5, 5.41) is 19.9. The molecule has 118 valence electrons. The van der Waals surface area contributed by atoms with E-state index in [0.29, 0.717) is 13.0 Å². The molecule has 0 saturated heterocycles. The predicted molar refractivity (Wildman–Crippen MR) is 80.2 cm³/mol. The molecule has 0 radical (unpaired) electrons. The molecule has 1 unspecified atom stereocenters. The zero-order valence-corrected chi connectivity index (χ0v) is 13.4. The molecular weight excluding hydrogens is 292 g/mol. The SMILES string of the molecule is CC(CCC(=O)O)CNC(=O)CSc1nncn1C(C)C. The van der Waals surface area contributed by atoms with E-state index in [1.54, 1.807) is 6.33 Å². The van der Waals surface area contributed by atoms with Gasteiger partial charge >= 0.3 is 5.97 Å². The van der Waals surface area contributed by atoms with E-state index in [4.69, 9.17) is 5.11 Å². The van der Waals surface area contributed by atoms with Gasteiger partial charge in [0, 0.05) is 19.0 Å². The highest BCUT2D eigenvalue weighted by Crippen LogP contribution is 2.18. The summed E-state index contributed by atoms with van der Waals surface area (Å²) in [5.74, 6) is -0.469. The maximum absolute atomic E-state index is 11.8. The van der Waals surface area contributed by atoms with Crippen LogP contribution in [-0.2, 0) is 9.59 Å². The van der Waals surface area contributed by atoms with Gasteiger partial charge in [-0.05, 0) is 26.2 Å².